The normalized spacial score (nSPS) is 14.9. The van der Waals surface area contributed by atoms with Gasteiger partial charge in [0.1, 0.15) is 6.61 Å². The van der Waals surface area contributed by atoms with Crippen molar-refractivity contribution < 1.29 is 24.1 Å². The van der Waals surface area contributed by atoms with Gasteiger partial charge >= 0.3 is 5.97 Å². The van der Waals surface area contributed by atoms with Gasteiger partial charge in [-0.15, -0.1) is 0 Å². The standard InChI is InChI=1S/C23H28O5/c1-26-13-6-14-27-21-15-19(16-23(22(24)25)11-5-12-23)9-10-20(21)28-17-18-7-3-2-4-8-18/h2-4,7-10,15H,5-6,11-14,16-17H2,1H3,(H,24,25). The molecule has 2 aromatic carbocycles. The molecule has 5 heteroatoms. The van der Waals surface area contributed by atoms with Gasteiger partial charge in [-0.1, -0.05) is 42.8 Å². The van der Waals surface area contributed by atoms with E-state index in [-0.39, 0.29) is 0 Å². The fourth-order valence-corrected chi connectivity index (χ4v) is 3.48. The molecule has 0 saturated heterocycles. The summed E-state index contributed by atoms with van der Waals surface area (Å²) in [4.78, 5) is 11.7. The van der Waals surface area contributed by atoms with Crippen molar-refractivity contribution in [2.45, 2.75) is 38.7 Å². The summed E-state index contributed by atoms with van der Waals surface area (Å²) in [6.45, 7) is 1.60. The molecule has 28 heavy (non-hydrogen) atoms. The Bertz CT molecular complexity index is 768. The largest absolute Gasteiger partial charge is 0.490 e. The summed E-state index contributed by atoms with van der Waals surface area (Å²) in [7, 11) is 1.67. The van der Waals surface area contributed by atoms with Crippen LogP contribution < -0.4 is 9.47 Å². The molecule has 0 amide bonds. The third-order valence-electron chi connectivity index (χ3n) is 5.30. The van der Waals surface area contributed by atoms with Crippen LogP contribution in [0.4, 0.5) is 0 Å². The Kier molecular flexibility index (Phi) is 6.93. The van der Waals surface area contributed by atoms with Gasteiger partial charge in [0.25, 0.3) is 0 Å². The van der Waals surface area contributed by atoms with Crippen molar-refractivity contribution in [2.24, 2.45) is 5.41 Å². The molecular weight excluding hydrogens is 356 g/mol. The summed E-state index contributed by atoms with van der Waals surface area (Å²) in [6, 6.07) is 15.7. The van der Waals surface area contributed by atoms with Crippen LogP contribution >= 0.6 is 0 Å². The molecule has 0 radical (unpaired) electrons. The number of hydrogen-bond acceptors (Lipinski definition) is 4. The van der Waals surface area contributed by atoms with E-state index in [9.17, 15) is 9.90 Å². The number of methoxy groups -OCH3 is 1. The number of carboxylic acid groups (broad SMARTS) is 1. The number of ether oxygens (including phenoxy) is 3. The summed E-state index contributed by atoms with van der Waals surface area (Å²) in [6.07, 6.45) is 3.75. The molecule has 1 aliphatic carbocycles. The zero-order valence-electron chi connectivity index (χ0n) is 16.4. The van der Waals surface area contributed by atoms with Gasteiger partial charge in [0.15, 0.2) is 11.5 Å². The molecule has 1 fully saturated rings. The molecule has 150 valence electrons. The maximum absolute atomic E-state index is 11.7. The second-order valence-electron chi connectivity index (χ2n) is 7.37. The predicted octanol–water partition coefficient (Wildman–Crippen LogP) is 4.48. The first-order valence-electron chi connectivity index (χ1n) is 9.78. The van der Waals surface area contributed by atoms with E-state index in [2.05, 4.69) is 0 Å². The van der Waals surface area contributed by atoms with E-state index >= 15 is 0 Å². The molecule has 1 saturated carbocycles. The number of carbonyl (C=O) groups is 1. The summed E-state index contributed by atoms with van der Waals surface area (Å²) >= 11 is 0. The molecule has 1 aliphatic rings. The van der Waals surface area contributed by atoms with Crippen LogP contribution in [-0.2, 0) is 22.6 Å². The number of hydrogen-bond donors (Lipinski definition) is 1. The molecule has 0 heterocycles. The lowest BCUT2D eigenvalue weighted by Gasteiger charge is -2.37. The lowest BCUT2D eigenvalue weighted by molar-refractivity contribution is -0.154. The zero-order chi connectivity index (χ0) is 19.8. The van der Waals surface area contributed by atoms with E-state index in [1.54, 1.807) is 7.11 Å². The molecule has 0 bridgehead atoms. The summed E-state index contributed by atoms with van der Waals surface area (Å²) < 4.78 is 17.0. The quantitative estimate of drug-likeness (QED) is 0.579. The predicted molar refractivity (Wildman–Crippen MR) is 107 cm³/mol. The summed E-state index contributed by atoms with van der Waals surface area (Å²) in [5.74, 6) is 0.623. The van der Waals surface area contributed by atoms with Crippen molar-refractivity contribution in [3.63, 3.8) is 0 Å². The third-order valence-corrected chi connectivity index (χ3v) is 5.30. The molecule has 0 aliphatic heterocycles. The lowest BCUT2D eigenvalue weighted by Crippen LogP contribution is -2.39. The van der Waals surface area contributed by atoms with Crippen LogP contribution in [0.3, 0.4) is 0 Å². The maximum atomic E-state index is 11.7. The molecule has 0 atom stereocenters. The van der Waals surface area contributed by atoms with Gasteiger partial charge in [-0.2, -0.15) is 0 Å². The van der Waals surface area contributed by atoms with E-state index in [0.29, 0.717) is 37.7 Å². The second-order valence-corrected chi connectivity index (χ2v) is 7.37. The summed E-state index contributed by atoms with van der Waals surface area (Å²) in [5.41, 5.74) is 1.42. The van der Waals surface area contributed by atoms with Gasteiger partial charge in [-0.25, -0.2) is 0 Å². The number of aliphatic carboxylic acids is 1. The highest BCUT2D eigenvalue weighted by molar-refractivity contribution is 5.76. The molecule has 1 N–H and O–H groups in total. The van der Waals surface area contributed by atoms with Crippen molar-refractivity contribution >= 4 is 5.97 Å². The first-order chi connectivity index (χ1) is 13.6. The molecule has 0 spiro atoms. The Balaban J connectivity index is 1.73. The molecule has 5 nitrogen and oxygen atoms in total. The first kappa shape index (κ1) is 20.2. The molecule has 2 aromatic rings. The zero-order valence-corrected chi connectivity index (χ0v) is 16.4. The van der Waals surface area contributed by atoms with Crippen molar-refractivity contribution in [1.29, 1.82) is 0 Å². The highest BCUT2D eigenvalue weighted by Crippen LogP contribution is 2.44. The third kappa shape index (κ3) is 5.04. The number of carboxylic acids is 1. The molecule has 3 rings (SSSR count). The summed E-state index contributed by atoms with van der Waals surface area (Å²) in [5, 5.41) is 9.61. The number of rotatable bonds is 11. The van der Waals surface area contributed by atoms with Gasteiger partial charge in [0.2, 0.25) is 0 Å². The fourth-order valence-electron chi connectivity index (χ4n) is 3.48. The molecule has 0 aromatic heterocycles. The van der Waals surface area contributed by atoms with E-state index in [4.69, 9.17) is 14.2 Å². The first-order valence-corrected chi connectivity index (χ1v) is 9.78. The molecule has 0 unspecified atom stereocenters. The highest BCUT2D eigenvalue weighted by atomic mass is 16.5. The second kappa shape index (κ2) is 9.60. The maximum Gasteiger partial charge on any atom is 0.309 e. The van der Waals surface area contributed by atoms with Crippen molar-refractivity contribution in [1.82, 2.24) is 0 Å². The fraction of sp³-hybridized carbons (Fsp3) is 0.435. The topological polar surface area (TPSA) is 65.0 Å². The Hall–Kier alpha value is -2.53. The van der Waals surface area contributed by atoms with Gasteiger partial charge < -0.3 is 19.3 Å². The Morgan fingerprint density at radius 3 is 2.43 bits per heavy atom. The Morgan fingerprint density at radius 1 is 1.00 bits per heavy atom. The van der Waals surface area contributed by atoms with Crippen molar-refractivity contribution in [2.75, 3.05) is 20.3 Å². The minimum Gasteiger partial charge on any atom is -0.490 e. The van der Waals surface area contributed by atoms with Crippen LogP contribution in [-0.4, -0.2) is 31.4 Å². The van der Waals surface area contributed by atoms with Gasteiger partial charge in [0.05, 0.1) is 12.0 Å². The van der Waals surface area contributed by atoms with Crippen LogP contribution in [0.25, 0.3) is 0 Å². The van der Waals surface area contributed by atoms with E-state index in [1.165, 1.54) is 0 Å². The number of benzene rings is 2. The van der Waals surface area contributed by atoms with E-state index in [1.807, 2.05) is 48.5 Å². The average Bonchev–Trinajstić information content (AvgIpc) is 2.68. The van der Waals surface area contributed by atoms with Crippen LogP contribution in [0, 0.1) is 5.41 Å². The Morgan fingerprint density at radius 2 is 1.79 bits per heavy atom. The van der Waals surface area contributed by atoms with Crippen LogP contribution in [0.5, 0.6) is 11.5 Å². The van der Waals surface area contributed by atoms with Crippen LogP contribution in [0.1, 0.15) is 36.8 Å². The van der Waals surface area contributed by atoms with E-state index in [0.717, 1.165) is 36.8 Å². The smallest absolute Gasteiger partial charge is 0.309 e. The minimum atomic E-state index is -0.703. The molecular formula is C23H28O5. The monoisotopic (exact) mass is 384 g/mol. The Labute approximate surface area is 166 Å². The van der Waals surface area contributed by atoms with Crippen LogP contribution in [0.2, 0.25) is 0 Å². The van der Waals surface area contributed by atoms with Crippen molar-refractivity contribution in [3.05, 3.63) is 59.7 Å². The van der Waals surface area contributed by atoms with E-state index < -0.39 is 11.4 Å². The van der Waals surface area contributed by atoms with Crippen molar-refractivity contribution in [3.8, 4) is 11.5 Å². The highest BCUT2D eigenvalue weighted by Gasteiger charge is 2.44. The SMILES string of the molecule is COCCCOc1cc(CC2(C(=O)O)CCC2)ccc1OCc1ccccc1. The van der Waals surface area contributed by atoms with Gasteiger partial charge in [-0.3, -0.25) is 4.79 Å². The van der Waals surface area contributed by atoms with Gasteiger partial charge in [0, 0.05) is 20.1 Å². The van der Waals surface area contributed by atoms with Crippen LogP contribution in [0.15, 0.2) is 48.5 Å². The van der Waals surface area contributed by atoms with Gasteiger partial charge in [-0.05, 0) is 42.5 Å². The minimum absolute atomic E-state index is 0.452. The lowest BCUT2D eigenvalue weighted by atomic mass is 9.65. The average molecular weight is 384 g/mol.